The van der Waals surface area contributed by atoms with Crippen LogP contribution in [0, 0.1) is 0 Å². The summed E-state index contributed by atoms with van der Waals surface area (Å²) in [5.74, 6) is 0. The lowest BCUT2D eigenvalue weighted by Gasteiger charge is -2.07. The van der Waals surface area contributed by atoms with E-state index in [1.54, 1.807) is 36.6 Å². The Morgan fingerprint density at radius 1 is 1.29 bits per heavy atom. The Hall–Kier alpha value is -1.41. The van der Waals surface area contributed by atoms with Crippen molar-refractivity contribution in [2.45, 2.75) is 18.0 Å². The number of benzene rings is 1. The second kappa shape index (κ2) is 7.04. The second-order valence-electron chi connectivity index (χ2n) is 4.44. The lowest BCUT2D eigenvalue weighted by molar-refractivity contribution is 0.185. The maximum atomic E-state index is 11.8. The van der Waals surface area contributed by atoms with Gasteiger partial charge in [0.25, 0.3) is 0 Å². The molecular formula is C14H18N2O3S2. The number of ether oxygens (including phenoxy) is 1. The van der Waals surface area contributed by atoms with Crippen molar-refractivity contribution in [3.05, 3.63) is 46.2 Å². The summed E-state index contributed by atoms with van der Waals surface area (Å²) < 4.78 is 30.9. The number of hydrogen-bond acceptors (Lipinski definition) is 5. The molecule has 7 heteroatoms. The van der Waals surface area contributed by atoms with Crippen LogP contribution in [-0.2, 0) is 27.9 Å². The minimum absolute atomic E-state index is 0.251. The highest BCUT2D eigenvalue weighted by molar-refractivity contribution is 7.89. The second-order valence-corrected chi connectivity index (χ2v) is 7.33. The molecule has 0 saturated carbocycles. The van der Waals surface area contributed by atoms with E-state index in [2.05, 4.69) is 21.5 Å². The molecule has 1 heterocycles. The summed E-state index contributed by atoms with van der Waals surface area (Å²) >= 11 is 1.65. The fourth-order valence-corrected chi connectivity index (χ4v) is 3.43. The molecule has 114 valence electrons. The van der Waals surface area contributed by atoms with Crippen molar-refractivity contribution in [1.29, 1.82) is 0 Å². The minimum Gasteiger partial charge on any atom is -0.380 e. The summed E-state index contributed by atoms with van der Waals surface area (Å²) in [6.07, 6.45) is 0. The van der Waals surface area contributed by atoms with Crippen LogP contribution in [0.2, 0.25) is 0 Å². The molecule has 1 aromatic heterocycles. The molecule has 0 bridgehead atoms. The third-order valence-corrected chi connectivity index (χ3v) is 5.30. The number of hydrogen-bond donors (Lipinski definition) is 2. The van der Waals surface area contributed by atoms with Gasteiger partial charge in [0.05, 0.1) is 11.5 Å². The summed E-state index contributed by atoms with van der Waals surface area (Å²) in [4.78, 5) is 1.42. The van der Waals surface area contributed by atoms with Gasteiger partial charge in [0.1, 0.15) is 0 Å². The predicted octanol–water partition coefficient (Wildman–Crippen LogP) is 2.41. The summed E-state index contributed by atoms with van der Waals surface area (Å²) in [5, 5.41) is 5.29. The highest BCUT2D eigenvalue weighted by Gasteiger charge is 2.11. The third kappa shape index (κ3) is 4.28. The van der Waals surface area contributed by atoms with Gasteiger partial charge in [0.2, 0.25) is 10.0 Å². The van der Waals surface area contributed by atoms with Crippen LogP contribution in [0.15, 0.2) is 40.6 Å². The molecule has 0 unspecified atom stereocenters. The van der Waals surface area contributed by atoms with Gasteiger partial charge in [-0.1, -0.05) is 6.07 Å². The quantitative estimate of drug-likeness (QED) is 0.820. The molecule has 2 rings (SSSR count). The minimum atomic E-state index is -3.41. The SMILES string of the molecule is CNS(=O)(=O)c1cccc(NCc2cc(COC)cs2)c1. The fraction of sp³-hybridized carbons (Fsp3) is 0.286. The van der Waals surface area contributed by atoms with E-state index in [1.165, 1.54) is 11.9 Å². The lowest BCUT2D eigenvalue weighted by atomic mass is 10.3. The number of methoxy groups -OCH3 is 1. The van der Waals surface area contributed by atoms with E-state index in [0.717, 1.165) is 11.3 Å². The zero-order valence-corrected chi connectivity index (χ0v) is 13.6. The zero-order chi connectivity index (χ0) is 15.3. The molecular weight excluding hydrogens is 308 g/mol. The Labute approximate surface area is 129 Å². The fourth-order valence-electron chi connectivity index (χ4n) is 1.84. The van der Waals surface area contributed by atoms with Crippen molar-refractivity contribution in [2.24, 2.45) is 0 Å². The van der Waals surface area contributed by atoms with Crippen molar-refractivity contribution in [1.82, 2.24) is 4.72 Å². The van der Waals surface area contributed by atoms with E-state index in [0.29, 0.717) is 13.2 Å². The van der Waals surface area contributed by atoms with E-state index in [1.807, 2.05) is 6.07 Å². The standard InChI is InChI=1S/C14H18N2O3S2/c1-15-21(17,18)14-5-3-4-12(7-14)16-8-13-6-11(9-19-2)10-20-13/h3-7,10,15-16H,8-9H2,1-2H3. The average Bonchev–Trinajstić information content (AvgIpc) is 2.93. The van der Waals surface area contributed by atoms with Crippen LogP contribution in [0.4, 0.5) is 5.69 Å². The molecule has 0 aliphatic carbocycles. The maximum Gasteiger partial charge on any atom is 0.240 e. The molecule has 0 spiro atoms. The number of anilines is 1. The van der Waals surface area contributed by atoms with Gasteiger partial charge in [-0.15, -0.1) is 11.3 Å². The van der Waals surface area contributed by atoms with E-state index in [4.69, 9.17) is 4.74 Å². The average molecular weight is 326 g/mol. The summed E-state index contributed by atoms with van der Waals surface area (Å²) in [6, 6.07) is 8.83. The molecule has 1 aromatic carbocycles. The highest BCUT2D eigenvalue weighted by Crippen LogP contribution is 2.19. The van der Waals surface area contributed by atoms with E-state index in [9.17, 15) is 8.42 Å². The number of sulfonamides is 1. The van der Waals surface area contributed by atoms with E-state index in [-0.39, 0.29) is 4.90 Å². The van der Waals surface area contributed by atoms with Crippen LogP contribution in [0.25, 0.3) is 0 Å². The first-order valence-electron chi connectivity index (χ1n) is 6.38. The van der Waals surface area contributed by atoms with Crippen molar-refractivity contribution < 1.29 is 13.2 Å². The summed E-state index contributed by atoms with van der Waals surface area (Å²) in [6.45, 7) is 1.25. The van der Waals surface area contributed by atoms with Crippen molar-refractivity contribution in [2.75, 3.05) is 19.5 Å². The Kier molecular flexibility index (Phi) is 5.35. The van der Waals surface area contributed by atoms with Crippen LogP contribution in [0.5, 0.6) is 0 Å². The van der Waals surface area contributed by atoms with Gasteiger partial charge in [-0.2, -0.15) is 0 Å². The first kappa shape index (κ1) is 16.0. The molecule has 0 saturated heterocycles. The summed E-state index contributed by atoms with van der Waals surface area (Å²) in [5.41, 5.74) is 1.92. The van der Waals surface area contributed by atoms with Gasteiger partial charge in [-0.25, -0.2) is 13.1 Å². The van der Waals surface area contributed by atoms with Crippen LogP contribution >= 0.6 is 11.3 Å². The molecule has 0 atom stereocenters. The van der Waals surface area contributed by atoms with Crippen molar-refractivity contribution in [3.8, 4) is 0 Å². The Morgan fingerprint density at radius 3 is 2.81 bits per heavy atom. The van der Waals surface area contributed by atoms with Crippen LogP contribution in [0.3, 0.4) is 0 Å². The molecule has 2 N–H and O–H groups in total. The first-order valence-corrected chi connectivity index (χ1v) is 8.74. The van der Waals surface area contributed by atoms with E-state index >= 15 is 0 Å². The largest absolute Gasteiger partial charge is 0.380 e. The number of nitrogens with one attached hydrogen (secondary N) is 2. The van der Waals surface area contributed by atoms with Gasteiger partial charge >= 0.3 is 0 Å². The topological polar surface area (TPSA) is 67.4 Å². The van der Waals surface area contributed by atoms with Crippen molar-refractivity contribution >= 4 is 27.0 Å². The highest BCUT2D eigenvalue weighted by atomic mass is 32.2. The van der Waals surface area contributed by atoms with Gasteiger partial charge in [0.15, 0.2) is 0 Å². The molecule has 21 heavy (non-hydrogen) atoms. The zero-order valence-electron chi connectivity index (χ0n) is 11.9. The molecule has 5 nitrogen and oxygen atoms in total. The molecule has 0 amide bonds. The molecule has 0 aliphatic rings. The molecule has 0 fully saturated rings. The number of rotatable bonds is 7. The van der Waals surface area contributed by atoms with Crippen LogP contribution in [-0.4, -0.2) is 22.6 Å². The normalized spacial score (nSPS) is 11.5. The van der Waals surface area contributed by atoms with Crippen LogP contribution in [0.1, 0.15) is 10.4 Å². The molecule has 2 aromatic rings. The number of thiophene rings is 1. The maximum absolute atomic E-state index is 11.8. The molecule has 0 radical (unpaired) electrons. The van der Waals surface area contributed by atoms with Gasteiger partial charge in [-0.05, 0) is 42.3 Å². The Morgan fingerprint density at radius 2 is 2.10 bits per heavy atom. The van der Waals surface area contributed by atoms with Gasteiger partial charge in [-0.3, -0.25) is 0 Å². The Bertz CT molecular complexity index is 696. The van der Waals surface area contributed by atoms with E-state index < -0.39 is 10.0 Å². The molecule has 0 aliphatic heterocycles. The summed E-state index contributed by atoms with van der Waals surface area (Å²) in [7, 11) is -0.340. The smallest absolute Gasteiger partial charge is 0.240 e. The van der Waals surface area contributed by atoms with Crippen molar-refractivity contribution in [3.63, 3.8) is 0 Å². The Balaban J connectivity index is 2.04. The lowest BCUT2D eigenvalue weighted by Crippen LogP contribution is -2.18. The first-order chi connectivity index (χ1) is 10.0. The van der Waals surface area contributed by atoms with Gasteiger partial charge < -0.3 is 10.1 Å². The van der Waals surface area contributed by atoms with Gasteiger partial charge in [0, 0.05) is 24.2 Å². The van der Waals surface area contributed by atoms with Crippen LogP contribution < -0.4 is 10.0 Å². The third-order valence-electron chi connectivity index (χ3n) is 2.90. The predicted molar refractivity (Wildman–Crippen MR) is 85.0 cm³/mol. The monoisotopic (exact) mass is 326 g/mol.